The predicted octanol–water partition coefficient (Wildman–Crippen LogP) is 5.30. The molecule has 0 unspecified atom stereocenters. The number of amides is 1. The Morgan fingerprint density at radius 1 is 1.14 bits per heavy atom. The first kappa shape index (κ1) is 16.6. The van der Waals surface area contributed by atoms with Gasteiger partial charge in [-0.05, 0) is 42.0 Å². The number of anilines is 1. The van der Waals surface area contributed by atoms with Crippen molar-refractivity contribution in [2.75, 3.05) is 5.32 Å². The Morgan fingerprint density at radius 3 is 2.27 bits per heavy atom. The van der Waals surface area contributed by atoms with Crippen molar-refractivity contribution >= 4 is 56.8 Å². The SMILES string of the molecule is N#C/C(=C\c1ccc(Br)cc1)C(=O)Nc1cc(Cl)cc(Cl)c1. The van der Waals surface area contributed by atoms with Crippen LogP contribution in [0.5, 0.6) is 0 Å². The van der Waals surface area contributed by atoms with Gasteiger partial charge in [0.2, 0.25) is 0 Å². The summed E-state index contributed by atoms with van der Waals surface area (Å²) in [7, 11) is 0. The zero-order valence-corrected chi connectivity index (χ0v) is 14.2. The molecule has 2 aromatic rings. The van der Waals surface area contributed by atoms with E-state index >= 15 is 0 Å². The van der Waals surface area contributed by atoms with Crippen LogP contribution >= 0.6 is 39.1 Å². The van der Waals surface area contributed by atoms with Crippen molar-refractivity contribution in [2.45, 2.75) is 0 Å². The molecule has 6 heteroatoms. The highest BCUT2D eigenvalue weighted by Gasteiger charge is 2.10. The van der Waals surface area contributed by atoms with Gasteiger partial charge in [-0.15, -0.1) is 0 Å². The van der Waals surface area contributed by atoms with E-state index in [1.165, 1.54) is 6.08 Å². The van der Waals surface area contributed by atoms with Gasteiger partial charge in [0.1, 0.15) is 11.6 Å². The number of carbonyl (C=O) groups is 1. The zero-order valence-electron chi connectivity index (χ0n) is 11.1. The van der Waals surface area contributed by atoms with E-state index in [1.54, 1.807) is 30.3 Å². The molecule has 0 aliphatic heterocycles. The Kier molecular flexibility index (Phi) is 5.62. The number of nitrogens with zero attached hydrogens (tertiary/aromatic N) is 1. The van der Waals surface area contributed by atoms with E-state index < -0.39 is 5.91 Å². The third-order valence-electron chi connectivity index (χ3n) is 2.67. The van der Waals surface area contributed by atoms with Gasteiger partial charge in [0, 0.05) is 20.2 Å². The van der Waals surface area contributed by atoms with E-state index in [9.17, 15) is 4.79 Å². The number of hydrogen-bond acceptors (Lipinski definition) is 2. The molecule has 0 bridgehead atoms. The summed E-state index contributed by atoms with van der Waals surface area (Å²) in [5.41, 5.74) is 1.16. The Hall–Kier alpha value is -1.80. The van der Waals surface area contributed by atoms with Crippen LogP contribution in [0.1, 0.15) is 5.56 Å². The summed E-state index contributed by atoms with van der Waals surface area (Å²) in [5, 5.41) is 12.6. The van der Waals surface area contributed by atoms with Crippen LogP contribution in [0.15, 0.2) is 52.5 Å². The van der Waals surface area contributed by atoms with Gasteiger partial charge < -0.3 is 5.32 Å². The molecule has 0 spiro atoms. The zero-order chi connectivity index (χ0) is 16.1. The molecule has 0 aromatic heterocycles. The van der Waals surface area contributed by atoms with Gasteiger partial charge in [-0.2, -0.15) is 5.26 Å². The van der Waals surface area contributed by atoms with E-state index in [4.69, 9.17) is 28.5 Å². The van der Waals surface area contributed by atoms with Gasteiger partial charge in [0.15, 0.2) is 0 Å². The minimum absolute atomic E-state index is 0.0154. The van der Waals surface area contributed by atoms with Crippen LogP contribution < -0.4 is 5.32 Å². The highest BCUT2D eigenvalue weighted by Crippen LogP contribution is 2.23. The van der Waals surface area contributed by atoms with Crippen molar-refractivity contribution < 1.29 is 4.79 Å². The van der Waals surface area contributed by atoms with Crippen LogP contribution in [0.3, 0.4) is 0 Å². The molecule has 0 radical (unpaired) electrons. The molecule has 1 N–H and O–H groups in total. The maximum Gasteiger partial charge on any atom is 0.266 e. The fraction of sp³-hybridized carbons (Fsp3) is 0. The summed E-state index contributed by atoms with van der Waals surface area (Å²) in [5.74, 6) is -0.524. The minimum atomic E-state index is -0.524. The minimum Gasteiger partial charge on any atom is -0.321 e. The number of nitriles is 1. The molecule has 2 aromatic carbocycles. The van der Waals surface area contributed by atoms with Crippen molar-refractivity contribution in [3.63, 3.8) is 0 Å². The Balaban J connectivity index is 2.22. The first-order valence-electron chi connectivity index (χ1n) is 6.13. The fourth-order valence-corrected chi connectivity index (χ4v) is 2.49. The molecule has 0 aliphatic carbocycles. The normalized spacial score (nSPS) is 10.9. The molecule has 0 saturated heterocycles. The molecule has 22 heavy (non-hydrogen) atoms. The fourth-order valence-electron chi connectivity index (χ4n) is 1.70. The number of benzene rings is 2. The first-order valence-corrected chi connectivity index (χ1v) is 7.67. The standard InChI is InChI=1S/C16H9BrCl2N2O/c17-12-3-1-10(2-4-12)5-11(9-20)16(22)21-15-7-13(18)6-14(19)8-15/h1-8H,(H,21,22)/b11-5+. The maximum absolute atomic E-state index is 12.1. The van der Waals surface area contributed by atoms with Crippen LogP contribution in [-0.2, 0) is 4.79 Å². The predicted molar refractivity (Wildman–Crippen MR) is 92.8 cm³/mol. The second kappa shape index (κ2) is 7.46. The second-order valence-electron chi connectivity index (χ2n) is 4.33. The van der Waals surface area contributed by atoms with E-state index in [1.807, 2.05) is 18.2 Å². The number of rotatable bonds is 3. The quantitative estimate of drug-likeness (QED) is 0.566. The molecular formula is C16H9BrCl2N2O. The molecule has 0 fully saturated rings. The van der Waals surface area contributed by atoms with Crippen LogP contribution in [0.25, 0.3) is 6.08 Å². The summed E-state index contributed by atoms with van der Waals surface area (Å²) in [6, 6.07) is 13.8. The highest BCUT2D eigenvalue weighted by molar-refractivity contribution is 9.10. The largest absolute Gasteiger partial charge is 0.321 e. The smallest absolute Gasteiger partial charge is 0.266 e. The lowest BCUT2D eigenvalue weighted by Gasteiger charge is -2.05. The Labute approximate surface area is 146 Å². The number of hydrogen-bond donors (Lipinski definition) is 1. The summed E-state index contributed by atoms with van der Waals surface area (Å²) in [6.45, 7) is 0. The van der Waals surface area contributed by atoms with Crippen molar-refractivity contribution in [2.24, 2.45) is 0 Å². The molecule has 2 rings (SSSR count). The Bertz CT molecular complexity index is 759. The molecule has 0 atom stereocenters. The number of halogens is 3. The maximum atomic E-state index is 12.1. The average Bonchev–Trinajstić information content (AvgIpc) is 2.45. The third kappa shape index (κ3) is 4.60. The lowest BCUT2D eigenvalue weighted by atomic mass is 10.1. The van der Waals surface area contributed by atoms with E-state index in [0.29, 0.717) is 15.7 Å². The van der Waals surface area contributed by atoms with Crippen LogP contribution in [0.4, 0.5) is 5.69 Å². The van der Waals surface area contributed by atoms with Crippen LogP contribution in [-0.4, -0.2) is 5.91 Å². The van der Waals surface area contributed by atoms with E-state index in [2.05, 4.69) is 21.2 Å². The molecule has 110 valence electrons. The van der Waals surface area contributed by atoms with Crippen molar-refractivity contribution in [1.82, 2.24) is 0 Å². The summed E-state index contributed by atoms with van der Waals surface area (Å²) >= 11 is 15.1. The van der Waals surface area contributed by atoms with E-state index in [0.717, 1.165) is 10.0 Å². The monoisotopic (exact) mass is 394 g/mol. The number of nitrogens with one attached hydrogen (secondary N) is 1. The summed E-state index contributed by atoms with van der Waals surface area (Å²) < 4.78 is 0.918. The summed E-state index contributed by atoms with van der Waals surface area (Å²) in [6.07, 6.45) is 1.51. The van der Waals surface area contributed by atoms with Crippen molar-refractivity contribution in [3.8, 4) is 6.07 Å². The number of carbonyl (C=O) groups excluding carboxylic acids is 1. The molecule has 0 saturated carbocycles. The second-order valence-corrected chi connectivity index (χ2v) is 6.12. The van der Waals surface area contributed by atoms with Crippen molar-refractivity contribution in [1.29, 1.82) is 5.26 Å². The van der Waals surface area contributed by atoms with Crippen LogP contribution in [0.2, 0.25) is 10.0 Å². The molecule has 3 nitrogen and oxygen atoms in total. The van der Waals surface area contributed by atoms with Crippen LogP contribution in [0, 0.1) is 11.3 Å². The molecule has 1 amide bonds. The van der Waals surface area contributed by atoms with Gasteiger partial charge in [-0.1, -0.05) is 51.3 Å². The van der Waals surface area contributed by atoms with Gasteiger partial charge in [0.25, 0.3) is 5.91 Å². The van der Waals surface area contributed by atoms with Crippen molar-refractivity contribution in [3.05, 3.63) is 68.1 Å². The molecule has 0 heterocycles. The summed E-state index contributed by atoms with van der Waals surface area (Å²) in [4.78, 5) is 12.1. The highest BCUT2D eigenvalue weighted by atomic mass is 79.9. The molecular weight excluding hydrogens is 387 g/mol. The lowest BCUT2D eigenvalue weighted by Crippen LogP contribution is -2.13. The van der Waals surface area contributed by atoms with Gasteiger partial charge in [-0.25, -0.2) is 0 Å². The third-order valence-corrected chi connectivity index (χ3v) is 3.63. The van der Waals surface area contributed by atoms with E-state index in [-0.39, 0.29) is 5.57 Å². The van der Waals surface area contributed by atoms with Gasteiger partial charge in [-0.3, -0.25) is 4.79 Å². The Morgan fingerprint density at radius 2 is 1.73 bits per heavy atom. The lowest BCUT2D eigenvalue weighted by molar-refractivity contribution is -0.112. The molecule has 0 aliphatic rings. The topological polar surface area (TPSA) is 52.9 Å². The average molecular weight is 396 g/mol. The van der Waals surface area contributed by atoms with Gasteiger partial charge >= 0.3 is 0 Å². The van der Waals surface area contributed by atoms with Gasteiger partial charge in [0.05, 0.1) is 0 Å². The first-order chi connectivity index (χ1) is 10.5.